The second kappa shape index (κ2) is 7.46. The Kier molecular flexibility index (Phi) is 5.88. The van der Waals surface area contributed by atoms with Crippen LogP contribution in [0, 0.1) is 6.92 Å². The van der Waals surface area contributed by atoms with Gasteiger partial charge < -0.3 is 4.74 Å². The van der Waals surface area contributed by atoms with Gasteiger partial charge in [0, 0.05) is 16.1 Å². The first-order valence-corrected chi connectivity index (χ1v) is 9.20. The van der Waals surface area contributed by atoms with E-state index in [2.05, 4.69) is 81.2 Å². The maximum atomic E-state index is 5.34. The van der Waals surface area contributed by atoms with Gasteiger partial charge in [-0.3, -0.25) is 0 Å². The van der Waals surface area contributed by atoms with Gasteiger partial charge in [-0.1, -0.05) is 68.3 Å². The Labute approximate surface area is 144 Å². The van der Waals surface area contributed by atoms with Crippen LogP contribution in [0.15, 0.2) is 48.5 Å². The SMILES string of the molecule is COc1cccc(CC(CBr)(CBr)c2ccccc2C)c1. The summed E-state index contributed by atoms with van der Waals surface area (Å²) in [6.07, 6.45) is 0.964. The molecule has 0 atom stereocenters. The molecule has 0 bridgehead atoms. The maximum Gasteiger partial charge on any atom is 0.119 e. The van der Waals surface area contributed by atoms with Crippen LogP contribution in [0.1, 0.15) is 16.7 Å². The Morgan fingerprint density at radius 3 is 2.33 bits per heavy atom. The largest absolute Gasteiger partial charge is 0.497 e. The first-order chi connectivity index (χ1) is 10.1. The Morgan fingerprint density at radius 2 is 1.71 bits per heavy atom. The molecule has 0 heterocycles. The van der Waals surface area contributed by atoms with E-state index in [0.717, 1.165) is 22.8 Å². The minimum absolute atomic E-state index is 0.0394. The minimum atomic E-state index is 0.0394. The molecule has 2 aromatic carbocycles. The average molecular weight is 412 g/mol. The van der Waals surface area contributed by atoms with E-state index in [-0.39, 0.29) is 5.41 Å². The van der Waals surface area contributed by atoms with E-state index < -0.39 is 0 Å². The van der Waals surface area contributed by atoms with Crippen molar-refractivity contribution in [1.29, 1.82) is 0 Å². The van der Waals surface area contributed by atoms with Crippen molar-refractivity contribution in [1.82, 2.24) is 0 Å². The highest BCUT2D eigenvalue weighted by Crippen LogP contribution is 2.35. The third-order valence-corrected chi connectivity index (χ3v) is 6.05. The van der Waals surface area contributed by atoms with Gasteiger partial charge in [0.1, 0.15) is 5.75 Å². The lowest BCUT2D eigenvalue weighted by Crippen LogP contribution is -2.33. The number of benzene rings is 2. The molecule has 0 aliphatic rings. The van der Waals surface area contributed by atoms with E-state index >= 15 is 0 Å². The lowest BCUT2D eigenvalue weighted by atomic mass is 9.77. The Morgan fingerprint density at radius 1 is 1.00 bits per heavy atom. The number of alkyl halides is 2. The summed E-state index contributed by atoms with van der Waals surface area (Å²) in [5.74, 6) is 0.912. The fourth-order valence-electron chi connectivity index (χ4n) is 2.71. The van der Waals surface area contributed by atoms with Crippen LogP contribution in [0.25, 0.3) is 0 Å². The summed E-state index contributed by atoms with van der Waals surface area (Å²) in [7, 11) is 1.71. The summed E-state index contributed by atoms with van der Waals surface area (Å²) in [5, 5.41) is 1.82. The molecule has 3 heteroatoms. The first-order valence-electron chi connectivity index (χ1n) is 6.96. The van der Waals surface area contributed by atoms with Crippen LogP contribution in [0.4, 0.5) is 0 Å². The van der Waals surface area contributed by atoms with Gasteiger partial charge >= 0.3 is 0 Å². The number of halogens is 2. The molecule has 0 unspecified atom stereocenters. The van der Waals surface area contributed by atoms with Gasteiger partial charge in [0.2, 0.25) is 0 Å². The van der Waals surface area contributed by atoms with E-state index in [9.17, 15) is 0 Å². The molecule has 0 amide bonds. The fourth-order valence-corrected chi connectivity index (χ4v) is 4.64. The molecule has 1 nitrogen and oxygen atoms in total. The summed E-state index contributed by atoms with van der Waals surface area (Å²) >= 11 is 7.47. The fraction of sp³-hybridized carbons (Fsp3) is 0.333. The van der Waals surface area contributed by atoms with Gasteiger partial charge in [-0.05, 0) is 42.2 Å². The number of aryl methyl sites for hydroxylation is 1. The van der Waals surface area contributed by atoms with Crippen LogP contribution in [0.5, 0.6) is 5.75 Å². The molecule has 112 valence electrons. The summed E-state index contributed by atoms with van der Waals surface area (Å²) in [6, 6.07) is 17.0. The predicted octanol–water partition coefficient (Wildman–Crippen LogP) is 5.27. The highest BCUT2D eigenvalue weighted by molar-refractivity contribution is 9.09. The molecule has 2 aromatic rings. The van der Waals surface area contributed by atoms with Crippen molar-refractivity contribution in [2.24, 2.45) is 0 Å². The molecule has 0 fully saturated rings. The standard InChI is InChI=1S/C18H20Br2O/c1-14-6-3-4-9-17(14)18(12-19,13-20)11-15-7-5-8-16(10-15)21-2/h3-10H,11-13H2,1-2H3. The quantitative estimate of drug-likeness (QED) is 0.588. The highest BCUT2D eigenvalue weighted by Gasteiger charge is 2.31. The second-order valence-electron chi connectivity index (χ2n) is 5.39. The lowest BCUT2D eigenvalue weighted by Gasteiger charge is -2.32. The van der Waals surface area contributed by atoms with Gasteiger partial charge in [0.15, 0.2) is 0 Å². The molecule has 0 saturated heterocycles. The molecule has 2 rings (SSSR count). The minimum Gasteiger partial charge on any atom is -0.497 e. The normalized spacial score (nSPS) is 11.4. The molecule has 0 aliphatic heterocycles. The number of methoxy groups -OCH3 is 1. The lowest BCUT2D eigenvalue weighted by molar-refractivity contribution is 0.413. The summed E-state index contributed by atoms with van der Waals surface area (Å²) < 4.78 is 5.34. The molecule has 0 radical (unpaired) electrons. The van der Waals surface area contributed by atoms with Crippen molar-refractivity contribution in [3.8, 4) is 5.75 Å². The van der Waals surface area contributed by atoms with E-state index in [4.69, 9.17) is 4.74 Å². The van der Waals surface area contributed by atoms with Crippen molar-refractivity contribution in [2.45, 2.75) is 18.8 Å². The highest BCUT2D eigenvalue weighted by atomic mass is 79.9. The van der Waals surface area contributed by atoms with Gasteiger partial charge in [-0.25, -0.2) is 0 Å². The van der Waals surface area contributed by atoms with Crippen LogP contribution >= 0.6 is 31.9 Å². The van der Waals surface area contributed by atoms with Gasteiger partial charge in [0.25, 0.3) is 0 Å². The molecule has 21 heavy (non-hydrogen) atoms. The number of ether oxygens (including phenoxy) is 1. The Balaban J connectivity index is 2.40. The van der Waals surface area contributed by atoms with Crippen molar-refractivity contribution in [3.63, 3.8) is 0 Å². The van der Waals surface area contributed by atoms with E-state index in [1.807, 2.05) is 6.07 Å². The van der Waals surface area contributed by atoms with Crippen LogP contribution in [0.2, 0.25) is 0 Å². The predicted molar refractivity (Wildman–Crippen MR) is 97.1 cm³/mol. The average Bonchev–Trinajstić information content (AvgIpc) is 2.53. The van der Waals surface area contributed by atoms with Crippen LogP contribution in [-0.4, -0.2) is 17.8 Å². The van der Waals surface area contributed by atoms with E-state index in [1.165, 1.54) is 16.7 Å². The summed E-state index contributed by atoms with van der Waals surface area (Å²) in [6.45, 7) is 2.18. The van der Waals surface area contributed by atoms with Crippen LogP contribution < -0.4 is 4.74 Å². The van der Waals surface area contributed by atoms with Gasteiger partial charge in [-0.2, -0.15) is 0 Å². The van der Waals surface area contributed by atoms with Crippen molar-refractivity contribution >= 4 is 31.9 Å². The number of hydrogen-bond acceptors (Lipinski definition) is 1. The topological polar surface area (TPSA) is 9.23 Å². The number of rotatable bonds is 6. The first kappa shape index (κ1) is 16.6. The van der Waals surface area contributed by atoms with Gasteiger partial charge in [-0.15, -0.1) is 0 Å². The zero-order chi connectivity index (χ0) is 15.3. The maximum absolute atomic E-state index is 5.34. The van der Waals surface area contributed by atoms with Crippen molar-refractivity contribution in [2.75, 3.05) is 17.8 Å². The third kappa shape index (κ3) is 3.70. The third-order valence-electron chi connectivity index (χ3n) is 3.90. The molecule has 0 aliphatic carbocycles. The Hall–Kier alpha value is -0.800. The van der Waals surface area contributed by atoms with Crippen molar-refractivity contribution < 1.29 is 4.74 Å². The Bertz CT molecular complexity index is 591. The smallest absolute Gasteiger partial charge is 0.119 e. The zero-order valence-corrected chi connectivity index (χ0v) is 15.6. The molecule has 0 aromatic heterocycles. The summed E-state index contributed by atoms with van der Waals surface area (Å²) in [4.78, 5) is 0. The van der Waals surface area contributed by atoms with Crippen LogP contribution in [-0.2, 0) is 11.8 Å². The van der Waals surface area contributed by atoms with Gasteiger partial charge in [0.05, 0.1) is 7.11 Å². The summed E-state index contributed by atoms with van der Waals surface area (Å²) in [5.41, 5.74) is 4.05. The van der Waals surface area contributed by atoms with Crippen LogP contribution in [0.3, 0.4) is 0 Å². The number of hydrogen-bond donors (Lipinski definition) is 0. The zero-order valence-electron chi connectivity index (χ0n) is 12.4. The van der Waals surface area contributed by atoms with Crippen molar-refractivity contribution in [3.05, 3.63) is 65.2 Å². The molecular formula is C18H20Br2O. The monoisotopic (exact) mass is 410 g/mol. The molecule has 0 saturated carbocycles. The second-order valence-corrected chi connectivity index (χ2v) is 6.51. The molecule has 0 N–H and O–H groups in total. The molecule has 0 spiro atoms. The van der Waals surface area contributed by atoms with E-state index in [0.29, 0.717) is 0 Å². The van der Waals surface area contributed by atoms with E-state index in [1.54, 1.807) is 7.11 Å². The molecular weight excluding hydrogens is 392 g/mol.